The number of nitrogens with zero attached hydrogens (tertiary/aromatic N) is 1. The summed E-state index contributed by atoms with van der Waals surface area (Å²) in [6.45, 7) is 10.1. The van der Waals surface area contributed by atoms with E-state index >= 15 is 0 Å². The predicted molar refractivity (Wildman–Crippen MR) is 74.1 cm³/mol. The molecule has 0 radical (unpaired) electrons. The Bertz CT molecular complexity index is 294. The molecule has 0 bridgehead atoms. The molecular weight excluding hydrogens is 236 g/mol. The fourth-order valence-corrected chi connectivity index (χ4v) is 1.94. The van der Waals surface area contributed by atoms with E-state index in [0.717, 1.165) is 26.1 Å². The molecule has 0 aliphatic heterocycles. The van der Waals surface area contributed by atoms with E-state index in [9.17, 15) is 8.42 Å². The topological polar surface area (TPSA) is 49.4 Å². The number of rotatable bonds is 8. The summed E-state index contributed by atoms with van der Waals surface area (Å²) in [5.74, 6) is 0.242. The Kier molecular flexibility index (Phi) is 7.28. The molecule has 1 N–H and O–H groups in total. The second kappa shape index (κ2) is 7.34. The number of hydrogen-bond acceptors (Lipinski definition) is 4. The molecule has 4 nitrogen and oxygen atoms in total. The first-order valence-corrected chi connectivity index (χ1v) is 8.23. The van der Waals surface area contributed by atoms with E-state index in [1.807, 2.05) is 11.9 Å². The molecular formula is C12H28N2O2S. The SMILES string of the molecule is CN(CCNCCC(C)(C)C)CCS(C)(=O)=O. The molecule has 104 valence electrons. The Balaban J connectivity index is 3.49. The Morgan fingerprint density at radius 3 is 2.18 bits per heavy atom. The van der Waals surface area contributed by atoms with Crippen LogP contribution >= 0.6 is 0 Å². The quantitative estimate of drug-likeness (QED) is 0.664. The van der Waals surface area contributed by atoms with Gasteiger partial charge in [0, 0.05) is 25.9 Å². The molecule has 0 saturated heterocycles. The maximum absolute atomic E-state index is 11.0. The van der Waals surface area contributed by atoms with Crippen LogP contribution in [0.1, 0.15) is 27.2 Å². The highest BCUT2D eigenvalue weighted by atomic mass is 32.2. The standard InChI is InChI=1S/C12H28N2O2S/c1-12(2,3)6-7-13-8-9-14(4)10-11-17(5,15)16/h13H,6-11H2,1-5H3. The van der Waals surface area contributed by atoms with Gasteiger partial charge in [-0.05, 0) is 25.4 Å². The Morgan fingerprint density at radius 1 is 1.12 bits per heavy atom. The monoisotopic (exact) mass is 264 g/mol. The maximum Gasteiger partial charge on any atom is 0.148 e. The molecule has 0 rings (SSSR count). The van der Waals surface area contributed by atoms with Gasteiger partial charge >= 0.3 is 0 Å². The number of hydrogen-bond donors (Lipinski definition) is 1. The Morgan fingerprint density at radius 2 is 1.71 bits per heavy atom. The molecule has 0 aromatic carbocycles. The van der Waals surface area contributed by atoms with Gasteiger partial charge in [-0.3, -0.25) is 0 Å². The summed E-state index contributed by atoms with van der Waals surface area (Å²) < 4.78 is 22.0. The summed E-state index contributed by atoms with van der Waals surface area (Å²) in [6, 6.07) is 0. The van der Waals surface area contributed by atoms with Crippen molar-refractivity contribution in [2.75, 3.05) is 45.2 Å². The average molecular weight is 264 g/mol. The zero-order valence-corrected chi connectivity index (χ0v) is 12.7. The molecule has 0 aliphatic carbocycles. The molecule has 0 aromatic rings. The van der Waals surface area contributed by atoms with E-state index in [0.29, 0.717) is 12.0 Å². The lowest BCUT2D eigenvalue weighted by Crippen LogP contribution is -2.33. The van der Waals surface area contributed by atoms with Gasteiger partial charge < -0.3 is 10.2 Å². The molecule has 0 atom stereocenters. The summed E-state index contributed by atoms with van der Waals surface area (Å²) in [5, 5.41) is 3.38. The fraction of sp³-hybridized carbons (Fsp3) is 1.00. The van der Waals surface area contributed by atoms with Crippen molar-refractivity contribution in [3.8, 4) is 0 Å². The lowest BCUT2D eigenvalue weighted by molar-refractivity contribution is 0.332. The Labute approximate surface area is 107 Å². The van der Waals surface area contributed by atoms with Gasteiger partial charge in [0.2, 0.25) is 0 Å². The second-order valence-corrected chi connectivity index (χ2v) is 8.25. The number of sulfone groups is 1. The first-order valence-electron chi connectivity index (χ1n) is 6.17. The smallest absolute Gasteiger partial charge is 0.148 e. The molecule has 0 aliphatic rings. The third-order valence-electron chi connectivity index (χ3n) is 2.57. The van der Waals surface area contributed by atoms with E-state index in [2.05, 4.69) is 26.1 Å². The second-order valence-electron chi connectivity index (χ2n) is 5.99. The van der Waals surface area contributed by atoms with Crippen molar-refractivity contribution in [1.29, 1.82) is 0 Å². The van der Waals surface area contributed by atoms with Gasteiger partial charge in [0.1, 0.15) is 9.84 Å². The summed E-state index contributed by atoms with van der Waals surface area (Å²) in [4.78, 5) is 2.05. The van der Waals surface area contributed by atoms with Gasteiger partial charge in [0.15, 0.2) is 0 Å². The zero-order chi connectivity index (χ0) is 13.5. The van der Waals surface area contributed by atoms with Gasteiger partial charge in [-0.25, -0.2) is 8.42 Å². The van der Waals surface area contributed by atoms with Crippen molar-refractivity contribution in [3.63, 3.8) is 0 Å². The van der Waals surface area contributed by atoms with Crippen molar-refractivity contribution >= 4 is 9.84 Å². The largest absolute Gasteiger partial charge is 0.315 e. The molecule has 0 heterocycles. The van der Waals surface area contributed by atoms with E-state index in [4.69, 9.17) is 0 Å². The average Bonchev–Trinajstić information content (AvgIpc) is 2.11. The van der Waals surface area contributed by atoms with Gasteiger partial charge in [0.25, 0.3) is 0 Å². The van der Waals surface area contributed by atoms with Gasteiger partial charge in [-0.1, -0.05) is 20.8 Å². The summed E-state index contributed by atoms with van der Waals surface area (Å²) in [6.07, 6.45) is 2.43. The highest BCUT2D eigenvalue weighted by Crippen LogP contribution is 2.16. The lowest BCUT2D eigenvalue weighted by atomic mass is 9.92. The van der Waals surface area contributed by atoms with Crippen LogP contribution in [0.2, 0.25) is 0 Å². The lowest BCUT2D eigenvalue weighted by Gasteiger charge is -2.19. The fourth-order valence-electron chi connectivity index (χ4n) is 1.29. The molecule has 0 saturated carbocycles. The summed E-state index contributed by atoms with van der Waals surface area (Å²) in [5.41, 5.74) is 0.370. The van der Waals surface area contributed by atoms with Crippen LogP contribution in [0.25, 0.3) is 0 Å². The van der Waals surface area contributed by atoms with Crippen LogP contribution in [0.3, 0.4) is 0 Å². The van der Waals surface area contributed by atoms with Crippen molar-refractivity contribution in [1.82, 2.24) is 10.2 Å². The molecule has 0 aromatic heterocycles. The van der Waals surface area contributed by atoms with Crippen LogP contribution in [0.5, 0.6) is 0 Å². The van der Waals surface area contributed by atoms with Crippen LogP contribution in [0.4, 0.5) is 0 Å². The molecule has 17 heavy (non-hydrogen) atoms. The van der Waals surface area contributed by atoms with Crippen molar-refractivity contribution < 1.29 is 8.42 Å². The van der Waals surface area contributed by atoms with Crippen molar-refractivity contribution in [2.24, 2.45) is 5.41 Å². The van der Waals surface area contributed by atoms with E-state index in [1.165, 1.54) is 6.26 Å². The Hall–Kier alpha value is -0.130. The van der Waals surface area contributed by atoms with Gasteiger partial charge in [-0.15, -0.1) is 0 Å². The molecule has 5 heteroatoms. The van der Waals surface area contributed by atoms with E-state index in [-0.39, 0.29) is 5.75 Å². The molecule has 0 fully saturated rings. The van der Waals surface area contributed by atoms with E-state index < -0.39 is 9.84 Å². The van der Waals surface area contributed by atoms with Crippen LogP contribution in [-0.2, 0) is 9.84 Å². The zero-order valence-electron chi connectivity index (χ0n) is 11.9. The van der Waals surface area contributed by atoms with Crippen molar-refractivity contribution in [3.05, 3.63) is 0 Å². The number of nitrogens with one attached hydrogen (secondary N) is 1. The van der Waals surface area contributed by atoms with Crippen LogP contribution < -0.4 is 5.32 Å². The minimum Gasteiger partial charge on any atom is -0.315 e. The van der Waals surface area contributed by atoms with Crippen LogP contribution in [0.15, 0.2) is 0 Å². The van der Waals surface area contributed by atoms with E-state index in [1.54, 1.807) is 0 Å². The summed E-state index contributed by atoms with van der Waals surface area (Å²) in [7, 11) is -0.881. The first kappa shape index (κ1) is 16.9. The minimum atomic E-state index is -2.84. The normalized spacial score (nSPS) is 13.3. The maximum atomic E-state index is 11.0. The van der Waals surface area contributed by atoms with Gasteiger partial charge in [0.05, 0.1) is 5.75 Å². The first-order chi connectivity index (χ1) is 7.60. The molecule has 0 amide bonds. The predicted octanol–water partition coefficient (Wildman–Crippen LogP) is 0.989. The summed E-state index contributed by atoms with van der Waals surface area (Å²) >= 11 is 0. The van der Waals surface area contributed by atoms with Crippen molar-refractivity contribution in [2.45, 2.75) is 27.2 Å². The minimum absolute atomic E-state index is 0.242. The molecule has 0 unspecified atom stereocenters. The van der Waals surface area contributed by atoms with Crippen LogP contribution in [-0.4, -0.2) is 58.6 Å². The third-order valence-corrected chi connectivity index (χ3v) is 3.49. The molecule has 0 spiro atoms. The van der Waals surface area contributed by atoms with Crippen LogP contribution in [0, 0.1) is 5.41 Å². The highest BCUT2D eigenvalue weighted by molar-refractivity contribution is 7.90. The van der Waals surface area contributed by atoms with Gasteiger partial charge in [-0.2, -0.15) is 0 Å². The highest BCUT2D eigenvalue weighted by Gasteiger charge is 2.09. The number of likely N-dealkylation sites (N-methyl/N-ethyl adjacent to an activating group) is 1. The third kappa shape index (κ3) is 13.8.